The van der Waals surface area contributed by atoms with Crippen molar-refractivity contribution in [3.63, 3.8) is 0 Å². The fourth-order valence-corrected chi connectivity index (χ4v) is 0.625. The van der Waals surface area contributed by atoms with Gasteiger partial charge in [-0.15, -0.1) is 0 Å². The van der Waals surface area contributed by atoms with Gasteiger partial charge < -0.3 is 0 Å². The highest BCUT2D eigenvalue weighted by molar-refractivity contribution is 7.85. The first-order valence-electron chi connectivity index (χ1n) is 4.62. The van der Waals surface area contributed by atoms with Gasteiger partial charge in [0, 0.05) is 24.8 Å². The van der Waals surface area contributed by atoms with E-state index in [1.54, 1.807) is 24.8 Å². The van der Waals surface area contributed by atoms with E-state index in [1.807, 2.05) is 36.4 Å². The van der Waals surface area contributed by atoms with Gasteiger partial charge in [-0.1, -0.05) is 12.1 Å². The first-order chi connectivity index (χ1) is 8.00. The Balaban J connectivity index is 0. The van der Waals surface area contributed by atoms with E-state index in [0.29, 0.717) is 6.26 Å². The molecule has 2 rings (SSSR count). The first-order valence-corrected chi connectivity index (χ1v) is 6.47. The van der Waals surface area contributed by atoms with Gasteiger partial charge in [0.2, 0.25) is 0 Å². The van der Waals surface area contributed by atoms with Crippen LogP contribution in [0.1, 0.15) is 0 Å². The van der Waals surface area contributed by atoms with Crippen molar-refractivity contribution < 1.29 is 17.7 Å². The highest BCUT2D eigenvalue weighted by atomic mass is 32.2. The van der Waals surface area contributed by atoms with E-state index in [4.69, 9.17) is 4.55 Å². The van der Waals surface area contributed by atoms with Crippen LogP contribution in [0.5, 0.6) is 0 Å². The van der Waals surface area contributed by atoms with E-state index in [-0.39, 0.29) is 4.70 Å². The molecule has 2 aromatic heterocycles. The Morgan fingerprint density at radius 1 is 0.778 bits per heavy atom. The topological polar surface area (TPSA) is 80.2 Å². The van der Waals surface area contributed by atoms with Gasteiger partial charge in [0.15, 0.2) is 0 Å². The third kappa shape index (κ3) is 23.7. The van der Waals surface area contributed by atoms with Crippen molar-refractivity contribution in [1.82, 2.24) is 9.97 Å². The van der Waals surface area contributed by atoms with E-state index in [9.17, 15) is 8.42 Å². The highest BCUT2D eigenvalue weighted by Gasteiger charge is 1.81. The number of hydrogen-bond donors (Lipinski definition) is 1. The molecule has 100 valence electrons. The standard InChI is InChI=1S/2C5H5N.CH4O3S.FH/c2*1-2-4-6-5-3-1;1-5(2,3)4;/h2*1-5H;1H3,(H,2,3,4);1H. The molecule has 2 aromatic rings. The van der Waals surface area contributed by atoms with Crippen molar-refractivity contribution in [1.29, 1.82) is 0 Å². The molecule has 0 atom stereocenters. The second kappa shape index (κ2) is 11.6. The second-order valence-electron chi connectivity index (χ2n) is 2.78. The van der Waals surface area contributed by atoms with Crippen LogP contribution in [-0.2, 0) is 10.1 Å². The lowest BCUT2D eigenvalue weighted by Gasteiger charge is -1.70. The SMILES string of the molecule is CS(=O)(=O)O.F.c1ccncc1.c1ccncc1. The van der Waals surface area contributed by atoms with Crippen molar-refractivity contribution in [3.05, 3.63) is 61.2 Å². The normalized spacial score (nSPS) is 8.56. The fraction of sp³-hybridized carbons (Fsp3) is 0.0909. The third-order valence-electron chi connectivity index (χ3n) is 1.13. The third-order valence-corrected chi connectivity index (χ3v) is 1.13. The number of halogens is 1. The van der Waals surface area contributed by atoms with Gasteiger partial charge in [0.1, 0.15) is 0 Å². The molecule has 0 bridgehead atoms. The Bertz CT molecular complexity index is 373. The molecule has 2 heterocycles. The van der Waals surface area contributed by atoms with Crippen LogP contribution in [0, 0.1) is 0 Å². The van der Waals surface area contributed by atoms with Crippen LogP contribution in [0.2, 0.25) is 0 Å². The van der Waals surface area contributed by atoms with E-state index in [2.05, 4.69) is 9.97 Å². The zero-order valence-corrected chi connectivity index (χ0v) is 10.6. The molecule has 0 amide bonds. The Hall–Kier alpha value is -1.86. The molecule has 0 aliphatic rings. The number of nitrogens with zero attached hydrogens (tertiary/aromatic N) is 2. The molecular formula is C11H15FN2O3S. The maximum atomic E-state index is 9.19. The average molecular weight is 274 g/mol. The lowest BCUT2D eigenvalue weighted by molar-refractivity contribution is 0.490. The van der Waals surface area contributed by atoms with Gasteiger partial charge in [0.05, 0.1) is 6.26 Å². The fourth-order valence-electron chi connectivity index (χ4n) is 0.625. The minimum absolute atomic E-state index is 0. The van der Waals surface area contributed by atoms with Crippen molar-refractivity contribution in [2.45, 2.75) is 0 Å². The van der Waals surface area contributed by atoms with Crippen molar-refractivity contribution in [2.24, 2.45) is 0 Å². The number of hydrogen-bond acceptors (Lipinski definition) is 4. The summed E-state index contributed by atoms with van der Waals surface area (Å²) >= 11 is 0. The Kier molecular flexibility index (Phi) is 11.9. The first kappa shape index (κ1) is 18.5. The summed E-state index contributed by atoms with van der Waals surface area (Å²) in [5, 5.41) is 0. The minimum Gasteiger partial charge on any atom is -0.286 e. The van der Waals surface area contributed by atoms with Crippen LogP contribution < -0.4 is 0 Å². The monoisotopic (exact) mass is 274 g/mol. The molecule has 18 heavy (non-hydrogen) atoms. The Morgan fingerprint density at radius 2 is 1.00 bits per heavy atom. The van der Waals surface area contributed by atoms with Gasteiger partial charge in [0.25, 0.3) is 10.1 Å². The maximum absolute atomic E-state index is 9.19. The van der Waals surface area contributed by atoms with Gasteiger partial charge in [-0.3, -0.25) is 19.2 Å². The van der Waals surface area contributed by atoms with E-state index >= 15 is 0 Å². The largest absolute Gasteiger partial charge is 0.286 e. The van der Waals surface area contributed by atoms with Crippen LogP contribution in [-0.4, -0.2) is 29.2 Å². The second-order valence-corrected chi connectivity index (χ2v) is 4.25. The Morgan fingerprint density at radius 3 is 1.06 bits per heavy atom. The van der Waals surface area contributed by atoms with Crippen LogP contribution in [0.3, 0.4) is 0 Å². The van der Waals surface area contributed by atoms with Crippen molar-refractivity contribution >= 4 is 10.1 Å². The van der Waals surface area contributed by atoms with E-state index in [0.717, 1.165) is 0 Å². The summed E-state index contributed by atoms with van der Waals surface area (Å²) in [5.74, 6) is 0. The molecular weight excluding hydrogens is 259 g/mol. The molecule has 0 spiro atoms. The molecule has 0 fully saturated rings. The van der Waals surface area contributed by atoms with Crippen molar-refractivity contribution in [3.8, 4) is 0 Å². The summed E-state index contributed by atoms with van der Waals surface area (Å²) in [6.45, 7) is 0. The van der Waals surface area contributed by atoms with Gasteiger partial charge in [-0.2, -0.15) is 8.42 Å². The minimum atomic E-state index is -3.67. The Labute approximate surface area is 106 Å². The maximum Gasteiger partial charge on any atom is 0.261 e. The summed E-state index contributed by atoms with van der Waals surface area (Å²) in [6.07, 6.45) is 7.72. The molecule has 0 aliphatic carbocycles. The van der Waals surface area contributed by atoms with Crippen LogP contribution in [0.25, 0.3) is 0 Å². The smallest absolute Gasteiger partial charge is 0.261 e. The van der Waals surface area contributed by atoms with Crippen LogP contribution in [0.4, 0.5) is 4.70 Å². The van der Waals surface area contributed by atoms with Crippen molar-refractivity contribution in [2.75, 3.05) is 6.26 Å². The molecule has 0 saturated carbocycles. The highest BCUT2D eigenvalue weighted by Crippen LogP contribution is 1.74. The predicted molar refractivity (Wildman–Crippen MR) is 68.4 cm³/mol. The molecule has 7 heteroatoms. The zero-order valence-electron chi connectivity index (χ0n) is 9.75. The molecule has 1 N–H and O–H groups in total. The molecule has 0 unspecified atom stereocenters. The molecule has 5 nitrogen and oxygen atoms in total. The molecule has 0 aliphatic heterocycles. The lowest BCUT2D eigenvalue weighted by Crippen LogP contribution is -1.88. The summed E-state index contributed by atoms with van der Waals surface area (Å²) in [7, 11) is -3.67. The molecule has 0 saturated heterocycles. The summed E-state index contributed by atoms with van der Waals surface area (Å²) in [5.41, 5.74) is 0. The molecule has 0 aromatic carbocycles. The van der Waals surface area contributed by atoms with E-state index < -0.39 is 10.1 Å². The predicted octanol–water partition coefficient (Wildman–Crippen LogP) is 1.82. The number of rotatable bonds is 0. The quantitative estimate of drug-likeness (QED) is 0.741. The van der Waals surface area contributed by atoms with Gasteiger partial charge >= 0.3 is 0 Å². The van der Waals surface area contributed by atoms with E-state index in [1.165, 1.54) is 0 Å². The summed E-state index contributed by atoms with van der Waals surface area (Å²) in [4.78, 5) is 7.57. The van der Waals surface area contributed by atoms with Gasteiger partial charge in [-0.05, 0) is 24.3 Å². The average Bonchev–Trinajstić information content (AvgIpc) is 2.32. The summed E-state index contributed by atoms with van der Waals surface area (Å²) in [6, 6.07) is 11.4. The number of pyridine rings is 2. The summed E-state index contributed by atoms with van der Waals surface area (Å²) < 4.78 is 25.9. The van der Waals surface area contributed by atoms with Crippen LogP contribution >= 0.6 is 0 Å². The van der Waals surface area contributed by atoms with Gasteiger partial charge in [-0.25, -0.2) is 0 Å². The molecule has 0 radical (unpaired) electrons. The van der Waals surface area contributed by atoms with Crippen LogP contribution in [0.15, 0.2) is 61.2 Å². The number of aromatic nitrogens is 2. The zero-order chi connectivity index (χ0) is 13.0. The lowest BCUT2D eigenvalue weighted by atomic mass is 10.5.